The Bertz CT molecular complexity index is 832. The molecule has 1 saturated heterocycles. The molecule has 1 aromatic carbocycles. The summed E-state index contributed by atoms with van der Waals surface area (Å²) in [6.45, 7) is 2.93. The van der Waals surface area contributed by atoms with Crippen molar-refractivity contribution in [1.29, 1.82) is 0 Å². The predicted octanol–water partition coefficient (Wildman–Crippen LogP) is 0.999. The number of carboxylic acids is 1. The van der Waals surface area contributed by atoms with Gasteiger partial charge in [-0.05, 0) is 37.5 Å². The molecule has 2 aliphatic rings. The number of carboxylic acid groups (broad SMARTS) is 1. The maximum atomic E-state index is 12.9. The monoisotopic (exact) mass is 396 g/mol. The molecule has 9 heteroatoms. The summed E-state index contributed by atoms with van der Waals surface area (Å²) in [7, 11) is -3.72. The van der Waals surface area contributed by atoms with Gasteiger partial charge in [0.15, 0.2) is 0 Å². The molecule has 2 fully saturated rings. The Labute approximate surface area is 158 Å². The van der Waals surface area contributed by atoms with Gasteiger partial charge in [0.1, 0.15) is 0 Å². The molecule has 1 heterocycles. The van der Waals surface area contributed by atoms with Crippen LogP contribution in [0.15, 0.2) is 23.1 Å². The van der Waals surface area contributed by atoms with Crippen molar-refractivity contribution >= 4 is 21.9 Å². The number of ether oxygens (including phenoxy) is 1. The Morgan fingerprint density at radius 3 is 2.59 bits per heavy atom. The van der Waals surface area contributed by atoms with E-state index >= 15 is 0 Å². The third kappa shape index (κ3) is 4.15. The highest BCUT2D eigenvalue weighted by Gasteiger charge is 2.34. The van der Waals surface area contributed by atoms with Crippen LogP contribution in [0.4, 0.5) is 0 Å². The lowest BCUT2D eigenvalue weighted by atomic mass is 10.0. The van der Waals surface area contributed by atoms with E-state index in [4.69, 9.17) is 4.74 Å². The molecule has 0 aromatic heterocycles. The first kappa shape index (κ1) is 19.8. The van der Waals surface area contributed by atoms with Crippen LogP contribution in [0.2, 0.25) is 0 Å². The van der Waals surface area contributed by atoms with E-state index in [0.29, 0.717) is 31.6 Å². The van der Waals surface area contributed by atoms with Crippen molar-refractivity contribution in [3.05, 3.63) is 29.3 Å². The van der Waals surface area contributed by atoms with Crippen molar-refractivity contribution in [3.8, 4) is 0 Å². The zero-order valence-corrected chi connectivity index (χ0v) is 16.0. The topological polar surface area (TPSA) is 113 Å². The van der Waals surface area contributed by atoms with Crippen LogP contribution >= 0.6 is 0 Å². The number of benzene rings is 1. The quantitative estimate of drug-likeness (QED) is 0.768. The van der Waals surface area contributed by atoms with Crippen molar-refractivity contribution in [2.24, 2.45) is 5.92 Å². The van der Waals surface area contributed by atoms with Crippen LogP contribution in [0.25, 0.3) is 0 Å². The highest BCUT2D eigenvalue weighted by atomic mass is 32.2. The highest BCUT2D eigenvalue weighted by Crippen LogP contribution is 2.27. The standard InChI is InChI=1S/C18H24N2O6S/c1-12-5-6-13(17(21)19-15-4-2-3-14(15)18(22)23)11-16(12)27(24,25)20-7-9-26-10-8-20/h5-6,11,14-15H,2-4,7-10H2,1H3,(H,19,21)(H,22,23)/t14-,15+/m0/s1. The lowest BCUT2D eigenvalue weighted by molar-refractivity contribution is -0.142. The number of aliphatic carboxylic acids is 1. The van der Waals surface area contributed by atoms with Crippen LogP contribution < -0.4 is 5.32 Å². The molecule has 27 heavy (non-hydrogen) atoms. The van der Waals surface area contributed by atoms with E-state index in [1.54, 1.807) is 19.1 Å². The second-order valence-electron chi connectivity index (χ2n) is 6.95. The minimum atomic E-state index is -3.72. The van der Waals surface area contributed by atoms with Crippen LogP contribution in [0, 0.1) is 12.8 Å². The fraction of sp³-hybridized carbons (Fsp3) is 0.556. The maximum absolute atomic E-state index is 12.9. The van der Waals surface area contributed by atoms with E-state index in [1.807, 2.05) is 0 Å². The number of carbonyl (C=O) groups excluding carboxylic acids is 1. The number of carbonyl (C=O) groups is 2. The molecule has 0 bridgehead atoms. The van der Waals surface area contributed by atoms with Crippen LogP contribution in [0.1, 0.15) is 35.2 Å². The van der Waals surface area contributed by atoms with Crippen molar-refractivity contribution in [2.75, 3.05) is 26.3 Å². The molecule has 1 aromatic rings. The summed E-state index contributed by atoms with van der Waals surface area (Å²) in [5.74, 6) is -1.97. The number of rotatable bonds is 5. The number of morpholine rings is 1. The average molecular weight is 396 g/mol. The molecule has 1 aliphatic heterocycles. The third-order valence-electron chi connectivity index (χ3n) is 5.19. The lowest BCUT2D eigenvalue weighted by Crippen LogP contribution is -2.41. The third-order valence-corrected chi connectivity index (χ3v) is 7.23. The normalized spacial score (nSPS) is 23.9. The molecule has 2 atom stereocenters. The van der Waals surface area contributed by atoms with E-state index < -0.39 is 33.9 Å². The van der Waals surface area contributed by atoms with Gasteiger partial charge in [-0.1, -0.05) is 12.5 Å². The zero-order chi connectivity index (χ0) is 19.6. The fourth-order valence-corrected chi connectivity index (χ4v) is 5.28. The van der Waals surface area contributed by atoms with Crippen molar-refractivity contribution in [2.45, 2.75) is 37.1 Å². The molecule has 1 amide bonds. The summed E-state index contributed by atoms with van der Waals surface area (Å²) in [4.78, 5) is 24.0. The van der Waals surface area contributed by atoms with Gasteiger partial charge in [0, 0.05) is 24.7 Å². The summed E-state index contributed by atoms with van der Waals surface area (Å²) < 4.78 is 32.4. The first-order valence-corrected chi connectivity index (χ1v) is 10.5. The van der Waals surface area contributed by atoms with E-state index in [1.165, 1.54) is 10.4 Å². The van der Waals surface area contributed by atoms with Gasteiger partial charge < -0.3 is 15.2 Å². The predicted molar refractivity (Wildman–Crippen MR) is 97.0 cm³/mol. The second kappa shape index (κ2) is 7.95. The summed E-state index contributed by atoms with van der Waals surface area (Å²) in [6, 6.07) is 4.11. The minimum Gasteiger partial charge on any atom is -0.481 e. The average Bonchev–Trinajstić information content (AvgIpc) is 3.11. The molecule has 148 valence electrons. The molecular weight excluding hydrogens is 372 g/mol. The van der Waals surface area contributed by atoms with E-state index in [-0.39, 0.29) is 23.5 Å². The number of hydrogen-bond donors (Lipinski definition) is 2. The number of aryl methyl sites for hydroxylation is 1. The van der Waals surface area contributed by atoms with Crippen LogP contribution in [-0.2, 0) is 19.6 Å². The summed E-state index contributed by atoms with van der Waals surface area (Å²) in [5.41, 5.74) is 0.769. The van der Waals surface area contributed by atoms with E-state index in [2.05, 4.69) is 5.32 Å². The molecule has 0 unspecified atom stereocenters. The molecule has 0 radical (unpaired) electrons. The van der Waals surface area contributed by atoms with Gasteiger partial charge in [-0.3, -0.25) is 9.59 Å². The van der Waals surface area contributed by atoms with Crippen molar-refractivity contribution in [1.82, 2.24) is 9.62 Å². The Morgan fingerprint density at radius 1 is 1.22 bits per heavy atom. The van der Waals surface area contributed by atoms with Gasteiger partial charge in [0.05, 0.1) is 24.0 Å². The second-order valence-corrected chi connectivity index (χ2v) is 8.86. The Balaban J connectivity index is 1.82. The van der Waals surface area contributed by atoms with Crippen molar-refractivity contribution in [3.63, 3.8) is 0 Å². The number of hydrogen-bond acceptors (Lipinski definition) is 5. The van der Waals surface area contributed by atoms with E-state index in [0.717, 1.165) is 6.42 Å². The number of nitrogens with one attached hydrogen (secondary N) is 1. The first-order valence-electron chi connectivity index (χ1n) is 9.03. The Morgan fingerprint density at radius 2 is 1.93 bits per heavy atom. The van der Waals surface area contributed by atoms with Gasteiger partial charge >= 0.3 is 5.97 Å². The van der Waals surface area contributed by atoms with Gasteiger partial charge in [-0.2, -0.15) is 4.31 Å². The Hall–Kier alpha value is -1.97. The fourth-order valence-electron chi connectivity index (χ4n) is 3.63. The number of sulfonamides is 1. The smallest absolute Gasteiger partial charge is 0.308 e. The Kier molecular flexibility index (Phi) is 5.83. The molecule has 8 nitrogen and oxygen atoms in total. The van der Waals surface area contributed by atoms with Crippen LogP contribution in [0.5, 0.6) is 0 Å². The van der Waals surface area contributed by atoms with Crippen molar-refractivity contribution < 1.29 is 27.9 Å². The van der Waals surface area contributed by atoms with Gasteiger partial charge in [-0.15, -0.1) is 0 Å². The summed E-state index contributed by atoms with van der Waals surface area (Å²) in [5, 5.41) is 12.0. The minimum absolute atomic E-state index is 0.0956. The summed E-state index contributed by atoms with van der Waals surface area (Å²) in [6.07, 6.45) is 1.88. The summed E-state index contributed by atoms with van der Waals surface area (Å²) >= 11 is 0. The SMILES string of the molecule is Cc1ccc(C(=O)N[C@@H]2CCC[C@@H]2C(=O)O)cc1S(=O)(=O)N1CCOCC1. The lowest BCUT2D eigenvalue weighted by Gasteiger charge is -2.27. The zero-order valence-electron chi connectivity index (χ0n) is 15.2. The molecule has 1 aliphatic carbocycles. The van der Waals surface area contributed by atoms with E-state index in [9.17, 15) is 23.1 Å². The number of nitrogens with zero attached hydrogens (tertiary/aromatic N) is 1. The van der Waals surface area contributed by atoms with Crippen LogP contribution in [0.3, 0.4) is 0 Å². The molecule has 3 rings (SSSR count). The van der Waals surface area contributed by atoms with Gasteiger partial charge in [0.2, 0.25) is 10.0 Å². The van der Waals surface area contributed by atoms with Crippen LogP contribution in [-0.4, -0.2) is 62.1 Å². The van der Waals surface area contributed by atoms with Gasteiger partial charge in [0.25, 0.3) is 5.91 Å². The molecule has 1 saturated carbocycles. The molecular formula is C18H24N2O6S. The maximum Gasteiger partial charge on any atom is 0.308 e. The highest BCUT2D eigenvalue weighted by molar-refractivity contribution is 7.89. The number of amides is 1. The molecule has 0 spiro atoms. The van der Waals surface area contributed by atoms with Gasteiger partial charge in [-0.25, -0.2) is 8.42 Å². The largest absolute Gasteiger partial charge is 0.481 e. The first-order chi connectivity index (χ1) is 12.8. The molecule has 2 N–H and O–H groups in total.